The van der Waals surface area contributed by atoms with E-state index in [1.165, 1.54) is 32.4 Å². The molecule has 0 aromatic rings. The van der Waals surface area contributed by atoms with E-state index in [-0.39, 0.29) is 0 Å². The van der Waals surface area contributed by atoms with Gasteiger partial charge in [0.15, 0.2) is 0 Å². The highest BCUT2D eigenvalue weighted by molar-refractivity contribution is 4.55. The summed E-state index contributed by atoms with van der Waals surface area (Å²) >= 11 is 0. The molecule has 0 amide bonds. The number of nitrogens with one attached hydrogen (secondary N) is 1. The fourth-order valence-electron chi connectivity index (χ4n) is 0.893. The van der Waals surface area contributed by atoms with Crippen LogP contribution in [0.25, 0.3) is 0 Å². The molecule has 0 radical (unpaired) electrons. The smallest absolute Gasteiger partial charge is 0.0817 e. The van der Waals surface area contributed by atoms with Gasteiger partial charge >= 0.3 is 0 Å². The van der Waals surface area contributed by atoms with Gasteiger partial charge in [0.2, 0.25) is 0 Å². The van der Waals surface area contributed by atoms with Crippen LogP contribution in [-0.4, -0.2) is 25.0 Å². The molecule has 3 heteroatoms. The molecule has 1 saturated heterocycles. The maximum Gasteiger partial charge on any atom is 0.0817 e. The van der Waals surface area contributed by atoms with Crippen LogP contribution in [0, 0.1) is 0 Å². The molecule has 0 aromatic heterocycles. The second-order valence-electron chi connectivity index (χ2n) is 2.64. The lowest BCUT2D eigenvalue weighted by atomic mass is 10.2. The highest BCUT2D eigenvalue weighted by Gasteiger charge is 1.93. The van der Waals surface area contributed by atoms with Gasteiger partial charge in [-0.15, -0.1) is 0 Å². The van der Waals surface area contributed by atoms with Gasteiger partial charge in [-0.2, -0.15) is 0 Å². The lowest BCUT2D eigenvalue weighted by Gasteiger charge is -2.08. The highest BCUT2D eigenvalue weighted by atomic mass is 17.1. The Hall–Kier alpha value is -0.120. The van der Waals surface area contributed by atoms with E-state index in [1.807, 2.05) is 20.8 Å². The van der Waals surface area contributed by atoms with Crippen molar-refractivity contribution in [2.75, 3.05) is 19.7 Å². The average molecular weight is 191 g/mol. The van der Waals surface area contributed by atoms with Crippen molar-refractivity contribution in [2.24, 2.45) is 0 Å². The second-order valence-corrected chi connectivity index (χ2v) is 2.64. The van der Waals surface area contributed by atoms with Gasteiger partial charge in [-0.3, -0.25) is 5.26 Å². The topological polar surface area (TPSA) is 41.5 Å². The van der Waals surface area contributed by atoms with E-state index in [4.69, 9.17) is 5.26 Å². The Morgan fingerprint density at radius 2 is 1.69 bits per heavy atom. The van der Waals surface area contributed by atoms with Crippen LogP contribution in [0.3, 0.4) is 0 Å². The molecule has 0 bridgehead atoms. The first kappa shape index (κ1) is 15.4. The van der Waals surface area contributed by atoms with Crippen LogP contribution in [0.15, 0.2) is 0 Å². The van der Waals surface area contributed by atoms with Crippen LogP contribution in [0.2, 0.25) is 0 Å². The molecule has 0 aliphatic carbocycles. The number of rotatable bonds is 2. The zero-order valence-corrected chi connectivity index (χ0v) is 9.31. The van der Waals surface area contributed by atoms with Crippen molar-refractivity contribution >= 4 is 0 Å². The van der Waals surface area contributed by atoms with E-state index in [9.17, 15) is 0 Å². The van der Waals surface area contributed by atoms with Crippen LogP contribution in [0.5, 0.6) is 0 Å². The van der Waals surface area contributed by atoms with Crippen molar-refractivity contribution in [3.63, 3.8) is 0 Å². The van der Waals surface area contributed by atoms with E-state index in [0.29, 0.717) is 6.61 Å². The van der Waals surface area contributed by atoms with Crippen molar-refractivity contribution in [2.45, 2.75) is 46.5 Å². The van der Waals surface area contributed by atoms with Gasteiger partial charge in [-0.05, 0) is 32.4 Å². The van der Waals surface area contributed by atoms with Gasteiger partial charge in [-0.25, -0.2) is 4.89 Å². The molecule has 2 N–H and O–H groups in total. The SMILES string of the molecule is C1CCNCC1.CC.CCCOO. The summed E-state index contributed by atoms with van der Waals surface area (Å²) < 4.78 is 0. The number of hydrogen-bond acceptors (Lipinski definition) is 3. The monoisotopic (exact) mass is 191 g/mol. The molecular weight excluding hydrogens is 166 g/mol. The van der Waals surface area contributed by atoms with Crippen molar-refractivity contribution in [1.82, 2.24) is 5.32 Å². The molecule has 1 aliphatic rings. The summed E-state index contributed by atoms with van der Waals surface area (Å²) in [5.74, 6) is 0. The Morgan fingerprint density at radius 1 is 1.15 bits per heavy atom. The summed E-state index contributed by atoms with van der Waals surface area (Å²) in [4.78, 5) is 3.69. The Kier molecular flexibility index (Phi) is 21.1. The first-order chi connectivity index (χ1) is 6.41. The van der Waals surface area contributed by atoms with Crippen LogP contribution in [0.1, 0.15) is 46.5 Å². The van der Waals surface area contributed by atoms with Gasteiger partial charge in [0.1, 0.15) is 0 Å². The Morgan fingerprint density at radius 3 is 1.77 bits per heavy atom. The van der Waals surface area contributed by atoms with Crippen molar-refractivity contribution in [3.8, 4) is 0 Å². The minimum Gasteiger partial charge on any atom is -0.317 e. The Labute approximate surface area is 82.4 Å². The fraction of sp³-hybridized carbons (Fsp3) is 1.00. The molecule has 1 heterocycles. The lowest BCUT2D eigenvalue weighted by Crippen LogP contribution is -2.21. The quantitative estimate of drug-likeness (QED) is 0.521. The third-order valence-electron chi connectivity index (χ3n) is 1.50. The third kappa shape index (κ3) is 18.7. The molecule has 1 fully saturated rings. The molecular formula is C10H25NO2. The van der Waals surface area contributed by atoms with Crippen LogP contribution in [0.4, 0.5) is 0 Å². The molecule has 0 atom stereocenters. The molecule has 1 rings (SSSR count). The summed E-state index contributed by atoms with van der Waals surface area (Å²) in [6.45, 7) is 8.87. The van der Waals surface area contributed by atoms with Crippen LogP contribution >= 0.6 is 0 Å². The van der Waals surface area contributed by atoms with Crippen molar-refractivity contribution in [1.29, 1.82) is 0 Å². The van der Waals surface area contributed by atoms with Gasteiger partial charge in [0, 0.05) is 0 Å². The summed E-state index contributed by atoms with van der Waals surface area (Å²) in [6.07, 6.45) is 5.09. The van der Waals surface area contributed by atoms with Gasteiger partial charge < -0.3 is 5.32 Å². The van der Waals surface area contributed by atoms with E-state index in [1.54, 1.807) is 0 Å². The molecule has 0 unspecified atom stereocenters. The molecule has 0 spiro atoms. The minimum atomic E-state index is 0.444. The maximum absolute atomic E-state index is 7.57. The third-order valence-corrected chi connectivity index (χ3v) is 1.50. The Bertz CT molecular complexity index is 52.4. The molecule has 13 heavy (non-hydrogen) atoms. The predicted octanol–water partition coefficient (Wildman–Crippen LogP) is 2.67. The zero-order valence-electron chi connectivity index (χ0n) is 9.31. The van der Waals surface area contributed by atoms with Crippen molar-refractivity contribution in [3.05, 3.63) is 0 Å². The molecule has 0 saturated carbocycles. The highest BCUT2D eigenvalue weighted by Crippen LogP contribution is 1.96. The normalized spacial score (nSPS) is 14.8. The second kappa shape index (κ2) is 17.8. The van der Waals surface area contributed by atoms with E-state index in [0.717, 1.165) is 6.42 Å². The molecule has 82 valence electrons. The Balaban J connectivity index is 0. The fourth-order valence-corrected chi connectivity index (χ4v) is 0.893. The number of hydrogen-bond donors (Lipinski definition) is 2. The van der Waals surface area contributed by atoms with Gasteiger partial charge in [0.05, 0.1) is 6.61 Å². The van der Waals surface area contributed by atoms with E-state index in [2.05, 4.69) is 10.2 Å². The average Bonchev–Trinajstić information content (AvgIpc) is 2.25. The standard InChI is InChI=1S/C5H11N.C3H8O2.C2H6/c1-2-4-6-5-3-1;1-2-3-5-4;1-2/h6H,1-5H2;4H,2-3H2,1H3;1-2H3. The lowest BCUT2D eigenvalue weighted by molar-refractivity contribution is -0.241. The minimum absolute atomic E-state index is 0.444. The van der Waals surface area contributed by atoms with Crippen LogP contribution in [-0.2, 0) is 4.89 Å². The largest absolute Gasteiger partial charge is 0.317 e. The molecule has 3 nitrogen and oxygen atoms in total. The van der Waals surface area contributed by atoms with Crippen molar-refractivity contribution < 1.29 is 10.1 Å². The van der Waals surface area contributed by atoms with E-state index < -0.39 is 0 Å². The molecule has 1 aliphatic heterocycles. The summed E-state index contributed by atoms with van der Waals surface area (Å²) in [5.41, 5.74) is 0. The summed E-state index contributed by atoms with van der Waals surface area (Å²) in [7, 11) is 0. The van der Waals surface area contributed by atoms with Gasteiger partial charge in [-0.1, -0.05) is 27.2 Å². The maximum atomic E-state index is 7.57. The zero-order chi connectivity index (χ0) is 10.4. The van der Waals surface area contributed by atoms with E-state index >= 15 is 0 Å². The summed E-state index contributed by atoms with van der Waals surface area (Å²) in [6, 6.07) is 0. The molecule has 0 aromatic carbocycles. The van der Waals surface area contributed by atoms with Gasteiger partial charge in [0.25, 0.3) is 0 Å². The first-order valence-electron chi connectivity index (χ1n) is 5.39. The van der Waals surface area contributed by atoms with Crippen LogP contribution < -0.4 is 5.32 Å². The summed E-state index contributed by atoms with van der Waals surface area (Å²) in [5, 5.41) is 10.9. The first-order valence-corrected chi connectivity index (χ1v) is 5.39. The predicted molar refractivity (Wildman–Crippen MR) is 56.9 cm³/mol. The number of piperidine rings is 1.